The van der Waals surface area contributed by atoms with Gasteiger partial charge in [0.2, 0.25) is 0 Å². The van der Waals surface area contributed by atoms with Gasteiger partial charge in [0.1, 0.15) is 0 Å². The highest BCUT2D eigenvalue weighted by molar-refractivity contribution is 7.91. The van der Waals surface area contributed by atoms with Crippen LogP contribution in [0.4, 0.5) is 0 Å². The van der Waals surface area contributed by atoms with Crippen LogP contribution >= 0.6 is 0 Å². The van der Waals surface area contributed by atoms with Crippen molar-refractivity contribution in [1.82, 2.24) is 15.1 Å². The minimum absolute atomic E-state index is 0.109. The van der Waals surface area contributed by atoms with Crippen molar-refractivity contribution in [2.24, 2.45) is 5.92 Å². The molecule has 1 fully saturated rings. The minimum atomic E-state index is -2.84. The van der Waals surface area contributed by atoms with Crippen LogP contribution in [-0.2, 0) is 16.4 Å². The highest BCUT2D eigenvalue weighted by Gasteiger charge is 2.34. The summed E-state index contributed by atoms with van der Waals surface area (Å²) in [6.07, 6.45) is 6.78. The molecule has 0 radical (unpaired) electrons. The lowest BCUT2D eigenvalue weighted by Gasteiger charge is -2.22. The molecule has 20 heavy (non-hydrogen) atoms. The summed E-state index contributed by atoms with van der Waals surface area (Å²) in [6, 6.07) is 0.109. The van der Waals surface area contributed by atoms with Crippen LogP contribution < -0.4 is 5.32 Å². The molecule has 0 spiro atoms. The van der Waals surface area contributed by atoms with Gasteiger partial charge in [0.25, 0.3) is 0 Å². The first-order valence-electron chi connectivity index (χ1n) is 7.52. The average Bonchev–Trinajstić information content (AvgIpc) is 2.98. The minimum Gasteiger partial charge on any atom is -0.310 e. The first kappa shape index (κ1) is 15.5. The van der Waals surface area contributed by atoms with Crippen LogP contribution in [0.5, 0.6) is 0 Å². The van der Waals surface area contributed by atoms with Gasteiger partial charge in [0.05, 0.1) is 17.7 Å². The van der Waals surface area contributed by atoms with Crippen molar-refractivity contribution in [3.05, 3.63) is 18.0 Å². The molecule has 2 rings (SSSR count). The second kappa shape index (κ2) is 6.72. The molecule has 1 N–H and O–H groups in total. The lowest BCUT2D eigenvalue weighted by Crippen LogP contribution is -2.29. The van der Waals surface area contributed by atoms with E-state index in [1.165, 1.54) is 0 Å². The molecule has 1 saturated heterocycles. The lowest BCUT2D eigenvalue weighted by molar-refractivity contribution is 0.392. The van der Waals surface area contributed by atoms with E-state index >= 15 is 0 Å². The van der Waals surface area contributed by atoms with Crippen LogP contribution in [0.2, 0.25) is 0 Å². The maximum atomic E-state index is 11.7. The van der Waals surface area contributed by atoms with E-state index in [4.69, 9.17) is 0 Å². The molecule has 1 aliphatic rings. The highest BCUT2D eigenvalue weighted by atomic mass is 32.2. The Balaban J connectivity index is 2.14. The fraction of sp³-hybridized carbons (Fsp3) is 0.786. The average molecular weight is 299 g/mol. The van der Waals surface area contributed by atoms with Gasteiger partial charge in [0, 0.05) is 24.3 Å². The molecule has 2 atom stereocenters. The van der Waals surface area contributed by atoms with Crippen LogP contribution in [0.1, 0.15) is 44.7 Å². The third-order valence-corrected chi connectivity index (χ3v) is 5.61. The van der Waals surface area contributed by atoms with Crippen molar-refractivity contribution in [2.45, 2.75) is 45.7 Å². The van der Waals surface area contributed by atoms with Gasteiger partial charge in [-0.15, -0.1) is 0 Å². The van der Waals surface area contributed by atoms with Crippen molar-refractivity contribution in [2.75, 3.05) is 18.1 Å². The Morgan fingerprint density at radius 3 is 2.85 bits per heavy atom. The zero-order valence-corrected chi connectivity index (χ0v) is 13.2. The Morgan fingerprint density at radius 1 is 1.45 bits per heavy atom. The Bertz CT molecular complexity index is 524. The Labute approximate surface area is 121 Å². The second-order valence-electron chi connectivity index (χ2n) is 5.63. The number of hydrogen-bond acceptors (Lipinski definition) is 4. The summed E-state index contributed by atoms with van der Waals surface area (Å²) in [5.41, 5.74) is 1.12. The van der Waals surface area contributed by atoms with E-state index in [1.807, 2.05) is 10.9 Å². The third kappa shape index (κ3) is 3.82. The Morgan fingerprint density at radius 2 is 2.25 bits per heavy atom. The van der Waals surface area contributed by atoms with Gasteiger partial charge in [-0.3, -0.25) is 4.68 Å². The summed E-state index contributed by atoms with van der Waals surface area (Å²) in [4.78, 5) is 0. The number of hydrogen-bond donors (Lipinski definition) is 1. The molecule has 2 heterocycles. The SMILES string of the molecule is CCCNC(c1cnn(CCC)c1)C1CCS(=O)(=O)C1. The van der Waals surface area contributed by atoms with E-state index in [9.17, 15) is 8.42 Å². The molecule has 6 heteroatoms. The highest BCUT2D eigenvalue weighted by Crippen LogP contribution is 2.31. The summed E-state index contributed by atoms with van der Waals surface area (Å²) in [5.74, 6) is 0.795. The number of aromatic nitrogens is 2. The first-order valence-corrected chi connectivity index (χ1v) is 9.34. The van der Waals surface area contributed by atoms with Gasteiger partial charge in [-0.2, -0.15) is 5.10 Å². The molecule has 5 nitrogen and oxygen atoms in total. The van der Waals surface area contributed by atoms with E-state index in [0.717, 1.165) is 37.9 Å². The molecule has 0 aromatic carbocycles. The molecule has 2 unspecified atom stereocenters. The van der Waals surface area contributed by atoms with Crippen LogP contribution in [0, 0.1) is 5.92 Å². The van der Waals surface area contributed by atoms with E-state index in [1.54, 1.807) is 0 Å². The summed E-state index contributed by atoms with van der Waals surface area (Å²) >= 11 is 0. The van der Waals surface area contributed by atoms with Gasteiger partial charge in [-0.05, 0) is 31.7 Å². The maximum absolute atomic E-state index is 11.7. The number of nitrogens with zero attached hydrogens (tertiary/aromatic N) is 2. The number of nitrogens with one attached hydrogen (secondary N) is 1. The zero-order valence-electron chi connectivity index (χ0n) is 12.4. The summed E-state index contributed by atoms with van der Waals surface area (Å²) < 4.78 is 25.4. The van der Waals surface area contributed by atoms with Gasteiger partial charge in [-0.25, -0.2) is 8.42 Å². The largest absolute Gasteiger partial charge is 0.310 e. The summed E-state index contributed by atoms with van der Waals surface area (Å²) in [6.45, 7) is 6.05. The van der Waals surface area contributed by atoms with E-state index in [0.29, 0.717) is 11.5 Å². The Hall–Kier alpha value is -0.880. The molecule has 114 valence electrons. The van der Waals surface area contributed by atoms with Crippen molar-refractivity contribution < 1.29 is 8.42 Å². The fourth-order valence-corrected chi connectivity index (χ4v) is 4.67. The molecule has 1 aromatic rings. The van der Waals surface area contributed by atoms with Gasteiger partial charge >= 0.3 is 0 Å². The van der Waals surface area contributed by atoms with Crippen molar-refractivity contribution in [3.8, 4) is 0 Å². The van der Waals surface area contributed by atoms with Gasteiger partial charge in [-0.1, -0.05) is 13.8 Å². The fourth-order valence-electron chi connectivity index (χ4n) is 2.83. The zero-order chi connectivity index (χ0) is 14.6. The molecule has 1 aliphatic heterocycles. The summed E-state index contributed by atoms with van der Waals surface area (Å²) in [7, 11) is -2.84. The van der Waals surface area contributed by atoms with Gasteiger partial charge in [0.15, 0.2) is 9.84 Å². The predicted octanol–water partition coefficient (Wildman–Crippen LogP) is 1.77. The van der Waals surface area contributed by atoms with E-state index in [2.05, 4.69) is 30.5 Å². The molecule has 0 saturated carbocycles. The standard InChI is InChI=1S/C14H25N3O2S/c1-3-6-15-14(12-5-8-20(18,19)11-12)13-9-16-17(10-13)7-4-2/h9-10,12,14-15H,3-8,11H2,1-2H3. The number of sulfone groups is 1. The maximum Gasteiger partial charge on any atom is 0.150 e. The normalized spacial score (nSPS) is 23.0. The van der Waals surface area contributed by atoms with Crippen molar-refractivity contribution in [1.29, 1.82) is 0 Å². The molecular formula is C14H25N3O2S. The first-order chi connectivity index (χ1) is 9.55. The van der Waals surface area contributed by atoms with Crippen molar-refractivity contribution >= 4 is 9.84 Å². The predicted molar refractivity (Wildman–Crippen MR) is 80.3 cm³/mol. The van der Waals surface area contributed by atoms with Crippen LogP contribution in [0.15, 0.2) is 12.4 Å². The topological polar surface area (TPSA) is 64.0 Å². The van der Waals surface area contributed by atoms with E-state index < -0.39 is 9.84 Å². The third-order valence-electron chi connectivity index (χ3n) is 3.82. The Kier molecular flexibility index (Phi) is 5.21. The van der Waals surface area contributed by atoms with E-state index in [-0.39, 0.29) is 12.0 Å². The van der Waals surface area contributed by atoms with Gasteiger partial charge < -0.3 is 5.32 Å². The molecule has 1 aromatic heterocycles. The van der Waals surface area contributed by atoms with Crippen LogP contribution in [-0.4, -0.2) is 36.2 Å². The van der Waals surface area contributed by atoms with Crippen molar-refractivity contribution in [3.63, 3.8) is 0 Å². The van der Waals surface area contributed by atoms with Crippen LogP contribution in [0.25, 0.3) is 0 Å². The smallest absolute Gasteiger partial charge is 0.150 e. The molecule has 0 bridgehead atoms. The summed E-state index contributed by atoms with van der Waals surface area (Å²) in [5, 5.41) is 7.87. The number of rotatable bonds is 7. The monoisotopic (exact) mass is 299 g/mol. The van der Waals surface area contributed by atoms with Crippen LogP contribution in [0.3, 0.4) is 0 Å². The number of aryl methyl sites for hydroxylation is 1. The lowest BCUT2D eigenvalue weighted by atomic mass is 9.94. The quantitative estimate of drug-likeness (QED) is 0.833. The molecular weight excluding hydrogens is 274 g/mol. The molecule has 0 amide bonds. The molecule has 0 aliphatic carbocycles. The second-order valence-corrected chi connectivity index (χ2v) is 7.86.